The number of thiol groups is 1. The van der Waals surface area contributed by atoms with Crippen LogP contribution in [-0.2, 0) is 24.0 Å². The summed E-state index contributed by atoms with van der Waals surface area (Å²) in [5.74, 6) is -5.01. The van der Waals surface area contributed by atoms with Crippen molar-refractivity contribution in [3.05, 3.63) is 0 Å². The molecule has 8 N–H and O–H groups in total. The highest BCUT2D eigenvalue weighted by atomic mass is 32.1. The minimum Gasteiger partial charge on any atom is -0.480 e. The number of carboxylic acid groups (broad SMARTS) is 1. The zero-order chi connectivity index (χ0) is 23.6. The summed E-state index contributed by atoms with van der Waals surface area (Å²) in [5.41, 5.74) is 10.9. The number of nitrogens with one attached hydrogen (secondary N) is 3. The van der Waals surface area contributed by atoms with Gasteiger partial charge in [0.2, 0.25) is 23.6 Å². The van der Waals surface area contributed by atoms with Crippen molar-refractivity contribution in [2.75, 3.05) is 5.75 Å². The van der Waals surface area contributed by atoms with E-state index in [2.05, 4.69) is 28.6 Å². The number of carboxylic acids is 1. The maximum absolute atomic E-state index is 12.6. The Kier molecular flexibility index (Phi) is 12.0. The summed E-state index contributed by atoms with van der Waals surface area (Å²) < 4.78 is 0. The van der Waals surface area contributed by atoms with E-state index >= 15 is 0 Å². The molecule has 5 unspecified atom stereocenters. The monoisotopic (exact) mass is 447 g/mol. The summed E-state index contributed by atoms with van der Waals surface area (Å²) in [6.45, 7) is 6.88. The van der Waals surface area contributed by atoms with Gasteiger partial charge in [0, 0.05) is 5.75 Å². The molecule has 11 nitrogen and oxygen atoms in total. The topological polar surface area (TPSA) is 194 Å². The highest BCUT2D eigenvalue weighted by Gasteiger charge is 2.32. The maximum atomic E-state index is 12.6. The van der Waals surface area contributed by atoms with Gasteiger partial charge in [-0.2, -0.15) is 12.6 Å². The van der Waals surface area contributed by atoms with E-state index in [4.69, 9.17) is 11.5 Å². The van der Waals surface area contributed by atoms with Crippen LogP contribution in [0.25, 0.3) is 0 Å². The van der Waals surface area contributed by atoms with E-state index in [-0.39, 0.29) is 17.6 Å². The van der Waals surface area contributed by atoms with Crippen molar-refractivity contribution in [2.45, 2.75) is 64.7 Å². The fourth-order valence-corrected chi connectivity index (χ4v) is 2.64. The van der Waals surface area contributed by atoms with Gasteiger partial charge in [0.1, 0.15) is 18.1 Å². The van der Waals surface area contributed by atoms with Gasteiger partial charge in [0.15, 0.2) is 0 Å². The Balaban J connectivity index is 5.32. The third-order valence-electron chi connectivity index (χ3n) is 4.65. The standard InChI is InChI=1S/C18H33N5O6S/c1-5-9(4)14(18(28)29)23-16(26)11(7-30)22-15(25)10(6-12(19)24)21-17(27)13(20)8(2)3/h8-11,13-14,30H,5-7,20H2,1-4H3,(H2,19,24)(H,21,27)(H,22,25)(H,23,26)(H,28,29). The van der Waals surface area contributed by atoms with Gasteiger partial charge in [-0.1, -0.05) is 34.1 Å². The Hall–Kier alpha value is -2.34. The molecule has 0 spiro atoms. The normalized spacial score (nSPS) is 16.0. The molecular weight excluding hydrogens is 414 g/mol. The van der Waals surface area contributed by atoms with Crippen LogP contribution in [0.5, 0.6) is 0 Å². The number of nitrogens with two attached hydrogens (primary N) is 2. The van der Waals surface area contributed by atoms with Crippen LogP contribution >= 0.6 is 12.6 Å². The number of primary amides is 1. The summed E-state index contributed by atoms with van der Waals surface area (Å²) in [4.78, 5) is 60.0. The minimum atomic E-state index is -1.35. The Labute approximate surface area is 181 Å². The molecule has 5 atom stereocenters. The molecular formula is C18H33N5O6S. The van der Waals surface area contributed by atoms with Crippen LogP contribution in [0.2, 0.25) is 0 Å². The summed E-state index contributed by atoms with van der Waals surface area (Å²) in [7, 11) is 0. The smallest absolute Gasteiger partial charge is 0.326 e. The second-order valence-electron chi connectivity index (χ2n) is 7.46. The third-order valence-corrected chi connectivity index (χ3v) is 5.02. The molecule has 172 valence electrons. The van der Waals surface area contributed by atoms with Crippen LogP contribution in [0, 0.1) is 11.8 Å². The summed E-state index contributed by atoms with van der Waals surface area (Å²) in [6, 6.07) is -4.60. The van der Waals surface area contributed by atoms with Crippen LogP contribution in [0.1, 0.15) is 40.5 Å². The maximum Gasteiger partial charge on any atom is 0.326 e. The quantitative estimate of drug-likeness (QED) is 0.164. The van der Waals surface area contributed by atoms with Gasteiger partial charge in [-0.15, -0.1) is 0 Å². The van der Waals surface area contributed by atoms with Crippen molar-refractivity contribution >= 4 is 42.2 Å². The first-order valence-corrected chi connectivity index (χ1v) is 10.3. The SMILES string of the molecule is CCC(C)C(NC(=O)C(CS)NC(=O)C(CC(N)=O)NC(=O)C(N)C(C)C)C(=O)O. The van der Waals surface area contributed by atoms with Gasteiger partial charge >= 0.3 is 5.97 Å². The minimum absolute atomic E-state index is 0.146. The highest BCUT2D eigenvalue weighted by Crippen LogP contribution is 2.08. The molecule has 0 aromatic carbocycles. The van der Waals surface area contributed by atoms with Crippen LogP contribution in [-0.4, -0.2) is 64.6 Å². The van der Waals surface area contributed by atoms with E-state index in [1.165, 1.54) is 0 Å². The molecule has 0 heterocycles. The van der Waals surface area contributed by atoms with E-state index < -0.39 is 60.2 Å². The fourth-order valence-electron chi connectivity index (χ4n) is 2.38. The van der Waals surface area contributed by atoms with Crippen molar-refractivity contribution in [1.29, 1.82) is 0 Å². The first-order chi connectivity index (χ1) is 13.8. The lowest BCUT2D eigenvalue weighted by molar-refractivity contribution is -0.143. The van der Waals surface area contributed by atoms with Crippen LogP contribution < -0.4 is 27.4 Å². The first-order valence-electron chi connectivity index (χ1n) is 9.64. The Morgan fingerprint density at radius 1 is 0.933 bits per heavy atom. The number of hydrogen-bond acceptors (Lipinski definition) is 7. The van der Waals surface area contributed by atoms with E-state index in [0.717, 1.165) is 0 Å². The lowest BCUT2D eigenvalue weighted by atomic mass is 9.99. The largest absolute Gasteiger partial charge is 0.480 e. The van der Waals surface area contributed by atoms with Crippen molar-refractivity contribution in [1.82, 2.24) is 16.0 Å². The number of aliphatic carboxylic acids is 1. The predicted octanol–water partition coefficient (Wildman–Crippen LogP) is -1.64. The predicted molar refractivity (Wildman–Crippen MR) is 113 cm³/mol. The average molecular weight is 448 g/mol. The molecule has 0 saturated carbocycles. The molecule has 0 radical (unpaired) electrons. The second-order valence-corrected chi connectivity index (χ2v) is 7.82. The summed E-state index contributed by atoms with van der Waals surface area (Å²) >= 11 is 4.02. The molecule has 0 rings (SSSR count). The molecule has 0 aromatic heterocycles. The van der Waals surface area contributed by atoms with E-state index in [1.807, 2.05) is 0 Å². The van der Waals surface area contributed by atoms with Crippen molar-refractivity contribution in [3.63, 3.8) is 0 Å². The Bertz CT molecular complexity index is 645. The molecule has 0 saturated heterocycles. The number of carbonyl (C=O) groups is 5. The Morgan fingerprint density at radius 2 is 1.43 bits per heavy atom. The lowest BCUT2D eigenvalue weighted by Crippen LogP contribution is -2.59. The molecule has 0 aliphatic rings. The van der Waals surface area contributed by atoms with Crippen molar-refractivity contribution in [3.8, 4) is 0 Å². The molecule has 4 amide bonds. The zero-order valence-corrected chi connectivity index (χ0v) is 18.6. The van der Waals surface area contributed by atoms with E-state index in [0.29, 0.717) is 6.42 Å². The van der Waals surface area contributed by atoms with Gasteiger partial charge in [-0.05, 0) is 11.8 Å². The Morgan fingerprint density at radius 3 is 1.83 bits per heavy atom. The average Bonchev–Trinajstić information content (AvgIpc) is 2.67. The number of rotatable bonds is 13. The van der Waals surface area contributed by atoms with Gasteiger partial charge in [0.25, 0.3) is 0 Å². The fraction of sp³-hybridized carbons (Fsp3) is 0.722. The zero-order valence-electron chi connectivity index (χ0n) is 17.7. The van der Waals surface area contributed by atoms with Crippen molar-refractivity contribution in [2.24, 2.45) is 23.3 Å². The number of amides is 4. The number of carbonyl (C=O) groups excluding carboxylic acids is 4. The molecule has 0 aromatic rings. The number of hydrogen-bond donors (Lipinski definition) is 7. The summed E-state index contributed by atoms with van der Waals surface area (Å²) in [5, 5.41) is 16.4. The third kappa shape index (κ3) is 8.99. The van der Waals surface area contributed by atoms with Crippen molar-refractivity contribution < 1.29 is 29.1 Å². The molecule has 30 heavy (non-hydrogen) atoms. The van der Waals surface area contributed by atoms with Crippen LogP contribution in [0.15, 0.2) is 0 Å². The van der Waals surface area contributed by atoms with Crippen LogP contribution in [0.4, 0.5) is 0 Å². The first kappa shape index (κ1) is 27.7. The molecule has 0 aliphatic heterocycles. The van der Waals surface area contributed by atoms with Gasteiger partial charge in [-0.25, -0.2) is 4.79 Å². The van der Waals surface area contributed by atoms with E-state index in [9.17, 15) is 29.1 Å². The van der Waals surface area contributed by atoms with Crippen LogP contribution in [0.3, 0.4) is 0 Å². The highest BCUT2D eigenvalue weighted by molar-refractivity contribution is 7.80. The lowest BCUT2D eigenvalue weighted by Gasteiger charge is -2.25. The van der Waals surface area contributed by atoms with Gasteiger partial charge in [-0.3, -0.25) is 19.2 Å². The molecule has 0 fully saturated rings. The van der Waals surface area contributed by atoms with E-state index in [1.54, 1.807) is 27.7 Å². The van der Waals surface area contributed by atoms with Gasteiger partial charge in [0.05, 0.1) is 12.5 Å². The second kappa shape index (κ2) is 13.1. The molecule has 12 heteroatoms. The molecule has 0 bridgehead atoms. The summed E-state index contributed by atoms with van der Waals surface area (Å²) in [6.07, 6.45) is 0.00584. The van der Waals surface area contributed by atoms with Gasteiger partial charge < -0.3 is 32.5 Å². The molecule has 0 aliphatic carbocycles.